The SMILES string of the molecule is CCOc1cc(CO)ccc1OCCn1ccnc1C. The van der Waals surface area contributed by atoms with E-state index in [1.165, 1.54) is 0 Å². The quantitative estimate of drug-likeness (QED) is 0.842. The minimum atomic E-state index is -0.00537. The Bertz CT molecular complexity index is 552. The van der Waals surface area contributed by atoms with Crippen LogP contribution in [0.5, 0.6) is 11.5 Å². The molecule has 0 bridgehead atoms. The molecule has 1 aromatic carbocycles. The summed E-state index contributed by atoms with van der Waals surface area (Å²) in [6, 6.07) is 5.47. The molecule has 0 amide bonds. The maximum Gasteiger partial charge on any atom is 0.161 e. The number of benzene rings is 1. The van der Waals surface area contributed by atoms with Gasteiger partial charge >= 0.3 is 0 Å². The molecule has 0 aliphatic rings. The lowest BCUT2D eigenvalue weighted by Gasteiger charge is -2.13. The zero-order chi connectivity index (χ0) is 14.4. The summed E-state index contributed by atoms with van der Waals surface area (Å²) in [5.41, 5.74) is 0.811. The Morgan fingerprint density at radius 2 is 2.10 bits per heavy atom. The van der Waals surface area contributed by atoms with Gasteiger partial charge in [0.15, 0.2) is 11.5 Å². The third-order valence-corrected chi connectivity index (χ3v) is 3.00. The van der Waals surface area contributed by atoms with E-state index in [-0.39, 0.29) is 6.61 Å². The van der Waals surface area contributed by atoms with Gasteiger partial charge < -0.3 is 19.1 Å². The highest BCUT2D eigenvalue weighted by Crippen LogP contribution is 2.28. The molecule has 2 rings (SSSR count). The summed E-state index contributed by atoms with van der Waals surface area (Å²) in [7, 11) is 0. The van der Waals surface area contributed by atoms with Crippen LogP contribution in [0, 0.1) is 6.92 Å². The predicted octanol–water partition coefficient (Wildman–Crippen LogP) is 2.16. The maximum atomic E-state index is 9.15. The second-order valence-electron chi connectivity index (χ2n) is 4.39. The highest BCUT2D eigenvalue weighted by atomic mass is 16.5. The average molecular weight is 276 g/mol. The van der Waals surface area contributed by atoms with Crippen LogP contribution in [0.4, 0.5) is 0 Å². The van der Waals surface area contributed by atoms with Crippen molar-refractivity contribution < 1.29 is 14.6 Å². The predicted molar refractivity (Wildman–Crippen MR) is 76.0 cm³/mol. The molecule has 20 heavy (non-hydrogen) atoms. The van der Waals surface area contributed by atoms with Gasteiger partial charge in [-0.3, -0.25) is 0 Å². The topological polar surface area (TPSA) is 56.5 Å². The van der Waals surface area contributed by atoms with Crippen molar-refractivity contribution >= 4 is 0 Å². The summed E-state index contributed by atoms with van der Waals surface area (Å²) in [5.74, 6) is 2.33. The van der Waals surface area contributed by atoms with Crippen molar-refractivity contribution in [1.29, 1.82) is 0 Å². The molecule has 0 unspecified atom stereocenters. The smallest absolute Gasteiger partial charge is 0.161 e. The number of aryl methyl sites for hydroxylation is 1. The first-order chi connectivity index (χ1) is 9.74. The van der Waals surface area contributed by atoms with Gasteiger partial charge in [-0.25, -0.2) is 4.98 Å². The van der Waals surface area contributed by atoms with E-state index in [1.54, 1.807) is 12.3 Å². The number of ether oxygens (including phenoxy) is 2. The van der Waals surface area contributed by atoms with Crippen molar-refractivity contribution in [2.75, 3.05) is 13.2 Å². The van der Waals surface area contributed by atoms with Gasteiger partial charge in [0.05, 0.1) is 19.8 Å². The van der Waals surface area contributed by atoms with Crippen LogP contribution in [0.15, 0.2) is 30.6 Å². The van der Waals surface area contributed by atoms with Crippen molar-refractivity contribution in [3.63, 3.8) is 0 Å². The second-order valence-corrected chi connectivity index (χ2v) is 4.39. The van der Waals surface area contributed by atoms with Crippen LogP contribution in [-0.2, 0) is 13.2 Å². The summed E-state index contributed by atoms with van der Waals surface area (Å²) < 4.78 is 13.3. The summed E-state index contributed by atoms with van der Waals surface area (Å²) >= 11 is 0. The highest BCUT2D eigenvalue weighted by Gasteiger charge is 2.06. The molecule has 0 saturated heterocycles. The maximum absolute atomic E-state index is 9.15. The number of hydrogen-bond donors (Lipinski definition) is 1. The van der Waals surface area contributed by atoms with Crippen molar-refractivity contribution in [3.05, 3.63) is 42.0 Å². The van der Waals surface area contributed by atoms with Gasteiger partial charge in [0, 0.05) is 12.4 Å². The van der Waals surface area contributed by atoms with E-state index in [0.29, 0.717) is 24.7 Å². The Morgan fingerprint density at radius 1 is 1.25 bits per heavy atom. The number of aliphatic hydroxyl groups excluding tert-OH is 1. The molecule has 0 aliphatic heterocycles. The van der Waals surface area contributed by atoms with Gasteiger partial charge in [-0.2, -0.15) is 0 Å². The van der Waals surface area contributed by atoms with E-state index in [9.17, 15) is 0 Å². The fourth-order valence-electron chi connectivity index (χ4n) is 1.93. The first kappa shape index (κ1) is 14.4. The van der Waals surface area contributed by atoms with Crippen LogP contribution in [0.3, 0.4) is 0 Å². The fourth-order valence-corrected chi connectivity index (χ4v) is 1.93. The monoisotopic (exact) mass is 276 g/mol. The zero-order valence-corrected chi connectivity index (χ0v) is 11.9. The normalized spacial score (nSPS) is 10.6. The Kier molecular flexibility index (Phi) is 5.01. The molecular formula is C15H20N2O3. The number of aliphatic hydroxyl groups is 1. The summed E-state index contributed by atoms with van der Waals surface area (Å²) in [4.78, 5) is 4.17. The number of hydrogen-bond acceptors (Lipinski definition) is 4. The molecule has 0 radical (unpaired) electrons. The van der Waals surface area contributed by atoms with Gasteiger partial charge in [-0.1, -0.05) is 6.07 Å². The van der Waals surface area contributed by atoms with Crippen molar-refractivity contribution in [2.45, 2.75) is 27.0 Å². The number of rotatable bonds is 7. The van der Waals surface area contributed by atoms with Gasteiger partial charge in [0.25, 0.3) is 0 Å². The molecule has 0 atom stereocenters. The standard InChI is InChI=1S/C15H20N2O3/c1-3-19-15-10-13(11-18)4-5-14(15)20-9-8-17-7-6-16-12(17)2/h4-7,10,18H,3,8-9,11H2,1-2H3. The molecule has 5 heteroatoms. The molecule has 1 aromatic heterocycles. The molecule has 0 fully saturated rings. The molecule has 108 valence electrons. The van der Waals surface area contributed by atoms with Crippen LogP contribution >= 0.6 is 0 Å². The molecule has 5 nitrogen and oxygen atoms in total. The van der Waals surface area contributed by atoms with E-state index in [1.807, 2.05) is 36.7 Å². The number of imidazole rings is 1. The third kappa shape index (κ3) is 3.51. The number of nitrogens with zero attached hydrogens (tertiary/aromatic N) is 2. The zero-order valence-electron chi connectivity index (χ0n) is 11.9. The first-order valence-electron chi connectivity index (χ1n) is 6.71. The molecule has 0 aliphatic carbocycles. The lowest BCUT2D eigenvalue weighted by molar-refractivity contribution is 0.261. The Morgan fingerprint density at radius 3 is 2.75 bits per heavy atom. The van der Waals surface area contributed by atoms with Crippen LogP contribution in [0.2, 0.25) is 0 Å². The van der Waals surface area contributed by atoms with E-state index in [0.717, 1.165) is 17.9 Å². The third-order valence-electron chi connectivity index (χ3n) is 3.00. The summed E-state index contributed by atoms with van der Waals surface area (Å²) in [6.45, 7) is 5.71. The highest BCUT2D eigenvalue weighted by molar-refractivity contribution is 5.42. The Hall–Kier alpha value is -2.01. The Labute approximate surface area is 118 Å². The molecule has 0 saturated carbocycles. The molecule has 0 spiro atoms. The minimum absolute atomic E-state index is 0.00537. The van der Waals surface area contributed by atoms with E-state index >= 15 is 0 Å². The average Bonchev–Trinajstić information content (AvgIpc) is 2.86. The molecule has 1 N–H and O–H groups in total. The molecular weight excluding hydrogens is 256 g/mol. The van der Waals surface area contributed by atoms with Crippen molar-refractivity contribution in [1.82, 2.24) is 9.55 Å². The van der Waals surface area contributed by atoms with Gasteiger partial charge in [0.1, 0.15) is 12.4 Å². The van der Waals surface area contributed by atoms with Gasteiger partial charge in [0.2, 0.25) is 0 Å². The summed E-state index contributed by atoms with van der Waals surface area (Å²) in [6.07, 6.45) is 3.70. The largest absolute Gasteiger partial charge is 0.490 e. The first-order valence-corrected chi connectivity index (χ1v) is 6.71. The van der Waals surface area contributed by atoms with Crippen LogP contribution in [0.25, 0.3) is 0 Å². The lowest BCUT2D eigenvalue weighted by Crippen LogP contribution is -2.09. The fraction of sp³-hybridized carbons (Fsp3) is 0.400. The summed E-state index contributed by atoms with van der Waals surface area (Å²) in [5, 5.41) is 9.15. The molecule has 1 heterocycles. The van der Waals surface area contributed by atoms with Crippen LogP contribution in [0.1, 0.15) is 18.3 Å². The Balaban J connectivity index is 1.99. The van der Waals surface area contributed by atoms with Crippen LogP contribution in [-0.4, -0.2) is 27.9 Å². The van der Waals surface area contributed by atoms with E-state index < -0.39 is 0 Å². The van der Waals surface area contributed by atoms with E-state index in [4.69, 9.17) is 14.6 Å². The minimum Gasteiger partial charge on any atom is -0.490 e. The van der Waals surface area contributed by atoms with Gasteiger partial charge in [-0.15, -0.1) is 0 Å². The van der Waals surface area contributed by atoms with Crippen molar-refractivity contribution in [2.24, 2.45) is 0 Å². The van der Waals surface area contributed by atoms with Gasteiger partial charge in [-0.05, 0) is 31.5 Å². The van der Waals surface area contributed by atoms with Crippen LogP contribution < -0.4 is 9.47 Å². The number of aromatic nitrogens is 2. The molecule has 2 aromatic rings. The van der Waals surface area contributed by atoms with E-state index in [2.05, 4.69) is 4.98 Å². The lowest BCUT2D eigenvalue weighted by atomic mass is 10.2. The van der Waals surface area contributed by atoms with Crippen molar-refractivity contribution in [3.8, 4) is 11.5 Å². The second kappa shape index (κ2) is 6.96.